The highest BCUT2D eigenvalue weighted by molar-refractivity contribution is 5.81. The molecule has 0 spiro atoms. The zero-order valence-electron chi connectivity index (χ0n) is 68.8. The standard InChI is InChI=1S/C20H30O4.C20H32O4.C18H28O4.C16H24O4.C14H20O4.10CH4/c1-4-19(2,3)18(22)24-20(8-6-5-7-9-20)16-12-10-13-14(11-12)23-17(21)15(13)16;1-7-12(6)18(21)24-20(10(2)3,11(4)5)17-13-8-14-15(9-13)23-19(22)16(14)17;1-5-10(4)16(19)22-18(6-2,7-3)15-11-8-12-13(9-11)21-17(20)14(12)15;1-5-8(2)14(17)20-16(3,4)13-9-6-10-11(7-9)19-15(18)12(10)13;1-3-7(2)13(15)17-6-10-8-4-9-11(5-8)18-14(16)12(9)10;;;;;;;;;;/h12-16H,4-11H2,1-3H3;10-17H,7-9H2,1-6H3;10-15H,5-9H2,1-4H3;8-13H,5-7H2,1-4H3;7-12H,3-6H2,1-2H3;10*1H4. The van der Waals surface area contributed by atoms with E-state index in [0.29, 0.717) is 65.8 Å². The fourth-order valence-electron chi connectivity index (χ4n) is 25.3. The van der Waals surface area contributed by atoms with Gasteiger partial charge in [0.2, 0.25) is 0 Å². The molecule has 16 fully saturated rings. The average molecular weight is 1670 g/mol. The van der Waals surface area contributed by atoms with Gasteiger partial charge >= 0.3 is 59.7 Å². The summed E-state index contributed by atoms with van der Waals surface area (Å²) in [5, 5.41) is 0. The second-order valence-electron chi connectivity index (χ2n) is 38.7. The average Bonchev–Trinajstić information content (AvgIpc) is 1.39. The molecule has 0 radical (unpaired) electrons. The highest BCUT2D eigenvalue weighted by Gasteiger charge is 2.72. The van der Waals surface area contributed by atoms with Crippen molar-refractivity contribution in [2.45, 2.75) is 400 Å². The lowest BCUT2D eigenvalue weighted by molar-refractivity contribution is -0.197. The van der Waals surface area contributed by atoms with Gasteiger partial charge in [-0.2, -0.15) is 0 Å². The summed E-state index contributed by atoms with van der Waals surface area (Å²) in [7, 11) is 0. The number of ether oxygens (including phenoxy) is 10. The Balaban J connectivity index is 0.000000491. The van der Waals surface area contributed by atoms with Gasteiger partial charge in [0.25, 0.3) is 0 Å². The minimum Gasteiger partial charge on any atom is -0.465 e. The summed E-state index contributed by atoms with van der Waals surface area (Å²) in [6, 6.07) is 0. The zero-order valence-corrected chi connectivity index (χ0v) is 68.8. The summed E-state index contributed by atoms with van der Waals surface area (Å²) in [4.78, 5) is 123. The van der Waals surface area contributed by atoms with Crippen LogP contribution in [0.15, 0.2) is 0 Å². The minimum atomic E-state index is -0.584. The van der Waals surface area contributed by atoms with Crippen molar-refractivity contribution < 1.29 is 95.3 Å². The molecule has 0 N–H and O–H groups in total. The van der Waals surface area contributed by atoms with Gasteiger partial charge in [-0.15, -0.1) is 0 Å². The Hall–Kier alpha value is -5.30. The first-order chi connectivity index (χ1) is 51.0. The van der Waals surface area contributed by atoms with Crippen LogP contribution in [0.4, 0.5) is 0 Å². The summed E-state index contributed by atoms with van der Waals surface area (Å²) in [5.41, 5.74) is -2.56. The number of fused-ring (bicyclic) bond motifs is 5. The van der Waals surface area contributed by atoms with Crippen LogP contribution in [-0.4, -0.2) is 119 Å². The molecule has 118 heavy (non-hydrogen) atoms. The highest BCUT2D eigenvalue weighted by Crippen LogP contribution is 2.67. The molecule has 20 nitrogen and oxygen atoms in total. The lowest BCUT2D eigenvalue weighted by Gasteiger charge is -2.49. The number of carbonyl (C=O) groups is 10. The molecular formula is C98H174O20. The van der Waals surface area contributed by atoms with E-state index in [1.807, 2.05) is 90.0 Å². The Labute approximate surface area is 717 Å². The Bertz CT molecular complexity index is 3340. The second kappa shape index (κ2) is 41.9. The first kappa shape index (κ1) is 109. The third kappa shape index (κ3) is 19.0. The molecule has 29 atom stereocenters. The molecule has 29 unspecified atom stereocenters. The summed E-state index contributed by atoms with van der Waals surface area (Å²) >= 11 is 0. The summed E-state index contributed by atoms with van der Waals surface area (Å²) in [6.45, 7) is 38.5. The molecule has 0 amide bonds. The predicted molar refractivity (Wildman–Crippen MR) is 466 cm³/mol. The fraction of sp³-hybridized carbons (Fsp3) is 0.898. The van der Waals surface area contributed by atoms with Crippen LogP contribution >= 0.6 is 0 Å². The topological polar surface area (TPSA) is 263 Å². The molecule has 20 heteroatoms. The van der Waals surface area contributed by atoms with Crippen LogP contribution in [0.25, 0.3) is 0 Å². The summed E-state index contributed by atoms with van der Waals surface area (Å²) < 4.78 is 57.5. The third-order valence-electron chi connectivity index (χ3n) is 32.0. The van der Waals surface area contributed by atoms with E-state index in [-0.39, 0.29) is 259 Å². The van der Waals surface area contributed by atoms with E-state index >= 15 is 0 Å². The van der Waals surface area contributed by atoms with Crippen molar-refractivity contribution in [2.24, 2.45) is 159 Å². The maximum Gasteiger partial charge on any atom is 0.312 e. The molecule has 0 aromatic heterocycles. The van der Waals surface area contributed by atoms with Crippen LogP contribution < -0.4 is 0 Å². The Morgan fingerprint density at radius 1 is 0.381 bits per heavy atom. The molecule has 0 aromatic rings. The van der Waals surface area contributed by atoms with Crippen molar-refractivity contribution in [3.63, 3.8) is 0 Å². The number of rotatable bonds is 24. The molecule has 5 saturated heterocycles. The number of hydrogen-bond donors (Lipinski definition) is 0. The SMILES string of the molecule is C.C.C.C.C.C.C.C.C.C.CCC(C)(C)C(=O)OC1(C2C3CC4OC(=O)C2C4C3)CCCCC1.CCC(C)C(=O)OC(C(C)C)(C(C)C)C1C2CC3OC(=O)C1C3C2.CCC(C)C(=O)OC(C)(C)C1C2CC3OC(=O)C1C3C2.CCC(C)C(=O)OC(CC)(CC)C1C2CC3OC(=O)C1C3C2.CCC(C)C(=O)OCC1C2CC3OC(=O)C1C3C2. The van der Waals surface area contributed by atoms with E-state index < -0.39 is 27.8 Å². The zero-order chi connectivity index (χ0) is 78.5. The predicted octanol–water partition coefficient (Wildman–Crippen LogP) is 21.7. The maximum absolute atomic E-state index is 12.9. The number of carbonyl (C=O) groups excluding carboxylic acids is 10. The molecule has 5 heterocycles. The van der Waals surface area contributed by atoms with E-state index in [1.54, 1.807) is 0 Å². The van der Waals surface area contributed by atoms with Crippen LogP contribution in [0.2, 0.25) is 0 Å². The second-order valence-corrected chi connectivity index (χ2v) is 38.7. The lowest BCUT2D eigenvalue weighted by Crippen LogP contribution is -2.56. The molecule has 0 aromatic carbocycles. The van der Waals surface area contributed by atoms with Gasteiger partial charge in [0, 0.05) is 59.2 Å². The monoisotopic (exact) mass is 1670 g/mol. The van der Waals surface area contributed by atoms with Crippen molar-refractivity contribution >= 4 is 59.7 Å². The van der Waals surface area contributed by atoms with E-state index in [2.05, 4.69) is 41.5 Å². The third-order valence-corrected chi connectivity index (χ3v) is 32.0. The molecule has 5 aliphatic heterocycles. The van der Waals surface area contributed by atoms with Crippen molar-refractivity contribution in [1.82, 2.24) is 0 Å². The van der Waals surface area contributed by atoms with Crippen molar-refractivity contribution in [2.75, 3.05) is 6.61 Å². The first-order valence-corrected chi connectivity index (χ1v) is 43.2. The van der Waals surface area contributed by atoms with Crippen LogP contribution in [0, 0.1) is 159 Å². The van der Waals surface area contributed by atoms with Crippen LogP contribution in [0.5, 0.6) is 0 Å². The molecular weight excluding hydrogens is 1500 g/mol. The molecule has 11 aliphatic carbocycles. The molecule has 16 rings (SSSR count). The fourth-order valence-corrected chi connectivity index (χ4v) is 25.3. The Morgan fingerprint density at radius 2 is 0.712 bits per heavy atom. The van der Waals surface area contributed by atoms with Gasteiger partial charge in [0.05, 0.1) is 65.3 Å². The largest absolute Gasteiger partial charge is 0.465 e. The van der Waals surface area contributed by atoms with E-state index in [1.165, 1.54) is 6.42 Å². The molecule has 16 aliphatic rings. The minimum absolute atomic E-state index is 0. The molecule has 11 saturated carbocycles. The summed E-state index contributed by atoms with van der Waals surface area (Å²) in [6.07, 6.45) is 21.5. The summed E-state index contributed by atoms with van der Waals surface area (Å²) in [5.74, 6) is 3.90. The first-order valence-electron chi connectivity index (χ1n) is 43.2. The quantitative estimate of drug-likeness (QED) is 0.0642. The lowest BCUT2D eigenvalue weighted by atomic mass is 9.62. The van der Waals surface area contributed by atoms with Crippen molar-refractivity contribution in [3.8, 4) is 0 Å². The molecule has 10 bridgehead atoms. The van der Waals surface area contributed by atoms with Gasteiger partial charge in [0.15, 0.2) is 0 Å². The van der Waals surface area contributed by atoms with Crippen LogP contribution in [-0.2, 0) is 95.3 Å². The molecule has 686 valence electrons. The maximum atomic E-state index is 12.9. The normalized spacial score (nSPS) is 35.4. The van der Waals surface area contributed by atoms with Crippen molar-refractivity contribution in [1.29, 1.82) is 0 Å². The van der Waals surface area contributed by atoms with Crippen molar-refractivity contribution in [3.05, 3.63) is 0 Å². The van der Waals surface area contributed by atoms with E-state index in [4.69, 9.17) is 47.4 Å². The number of esters is 10. The number of hydrogen-bond acceptors (Lipinski definition) is 20. The van der Waals surface area contributed by atoms with E-state index in [0.717, 1.165) is 135 Å². The van der Waals surface area contributed by atoms with Crippen LogP contribution in [0.3, 0.4) is 0 Å². The van der Waals surface area contributed by atoms with Gasteiger partial charge in [-0.3, -0.25) is 47.9 Å². The Morgan fingerprint density at radius 3 is 1.14 bits per heavy atom. The highest BCUT2D eigenvalue weighted by atomic mass is 16.6. The van der Waals surface area contributed by atoms with Gasteiger partial charge in [-0.05, 0) is 204 Å². The van der Waals surface area contributed by atoms with Gasteiger partial charge < -0.3 is 47.4 Å². The van der Waals surface area contributed by atoms with Gasteiger partial charge in [-0.1, -0.05) is 185 Å². The van der Waals surface area contributed by atoms with E-state index in [9.17, 15) is 47.9 Å². The Kier molecular flexibility index (Phi) is 38.6. The van der Waals surface area contributed by atoms with Crippen LogP contribution in [0.1, 0.15) is 347 Å². The smallest absolute Gasteiger partial charge is 0.312 e. The van der Waals surface area contributed by atoms with Gasteiger partial charge in [-0.25, -0.2) is 0 Å². The van der Waals surface area contributed by atoms with Gasteiger partial charge in [0.1, 0.15) is 52.9 Å².